The van der Waals surface area contributed by atoms with E-state index in [2.05, 4.69) is 20.0 Å². The Morgan fingerprint density at radius 3 is 3.04 bits per heavy atom. The number of benzene rings is 1. The highest BCUT2D eigenvalue weighted by Gasteiger charge is 2.27. The average molecular weight is 319 g/mol. The first-order valence-corrected chi connectivity index (χ1v) is 8.27. The van der Waals surface area contributed by atoms with Crippen molar-refractivity contribution in [3.05, 3.63) is 54.8 Å². The smallest absolute Gasteiger partial charge is 0.200 e. The first kappa shape index (κ1) is 13.5. The number of rotatable bonds is 2. The number of hydrogen-bond donors (Lipinski definition) is 0. The van der Waals surface area contributed by atoms with E-state index in [9.17, 15) is 0 Å². The van der Waals surface area contributed by atoms with Crippen LogP contribution < -0.4 is 4.90 Å². The molecule has 0 spiro atoms. The molecule has 0 bridgehead atoms. The van der Waals surface area contributed by atoms with Gasteiger partial charge in [0.2, 0.25) is 0 Å². The number of anilines is 1. The lowest BCUT2D eigenvalue weighted by Crippen LogP contribution is -2.35. The molecule has 3 aromatic heterocycles. The van der Waals surface area contributed by atoms with Crippen molar-refractivity contribution in [2.75, 3.05) is 18.0 Å². The largest absolute Gasteiger partial charge is 0.440 e. The van der Waals surface area contributed by atoms with Crippen molar-refractivity contribution < 1.29 is 4.42 Å². The third-order valence-corrected chi connectivity index (χ3v) is 4.68. The van der Waals surface area contributed by atoms with Crippen LogP contribution in [0.25, 0.3) is 16.6 Å². The molecule has 4 heterocycles. The highest BCUT2D eigenvalue weighted by Crippen LogP contribution is 2.31. The number of piperidine rings is 1. The lowest BCUT2D eigenvalue weighted by Gasteiger charge is -2.32. The van der Waals surface area contributed by atoms with Gasteiger partial charge in [0.25, 0.3) is 0 Å². The molecule has 1 aromatic carbocycles. The summed E-state index contributed by atoms with van der Waals surface area (Å²) in [6, 6.07) is 9.95. The fraction of sp³-hybridized carbons (Fsp3) is 0.278. The molecule has 0 radical (unpaired) electrons. The van der Waals surface area contributed by atoms with Gasteiger partial charge in [-0.15, -0.1) is 0 Å². The first-order chi connectivity index (χ1) is 11.9. The molecule has 120 valence electrons. The van der Waals surface area contributed by atoms with Crippen molar-refractivity contribution >= 4 is 22.4 Å². The normalized spacial score (nSPS) is 18.5. The van der Waals surface area contributed by atoms with Crippen LogP contribution in [0.5, 0.6) is 0 Å². The van der Waals surface area contributed by atoms with Crippen molar-refractivity contribution in [2.45, 2.75) is 18.8 Å². The van der Waals surface area contributed by atoms with Crippen molar-refractivity contribution in [3.8, 4) is 0 Å². The zero-order valence-electron chi connectivity index (χ0n) is 13.2. The third kappa shape index (κ3) is 2.14. The minimum Gasteiger partial charge on any atom is -0.440 e. The van der Waals surface area contributed by atoms with Crippen LogP contribution in [-0.2, 0) is 0 Å². The molecule has 1 saturated heterocycles. The van der Waals surface area contributed by atoms with Crippen LogP contribution in [0.3, 0.4) is 0 Å². The Kier molecular flexibility index (Phi) is 3.01. The molecule has 1 aliphatic rings. The average Bonchev–Trinajstić information content (AvgIpc) is 3.28. The minimum atomic E-state index is 0.288. The van der Waals surface area contributed by atoms with Crippen LogP contribution >= 0.6 is 0 Å². The summed E-state index contributed by atoms with van der Waals surface area (Å²) in [6.45, 7) is 1.86. The van der Waals surface area contributed by atoms with Crippen LogP contribution in [0, 0.1) is 0 Å². The van der Waals surface area contributed by atoms with Crippen molar-refractivity contribution in [1.82, 2.24) is 19.6 Å². The molecular weight excluding hydrogens is 302 g/mol. The second-order valence-corrected chi connectivity index (χ2v) is 6.22. The summed E-state index contributed by atoms with van der Waals surface area (Å²) >= 11 is 0. The Morgan fingerprint density at radius 1 is 1.12 bits per heavy atom. The van der Waals surface area contributed by atoms with Gasteiger partial charge in [0, 0.05) is 25.5 Å². The van der Waals surface area contributed by atoms with Gasteiger partial charge >= 0.3 is 0 Å². The van der Waals surface area contributed by atoms with Gasteiger partial charge in [-0.05, 0) is 31.0 Å². The monoisotopic (exact) mass is 319 g/mol. The second kappa shape index (κ2) is 5.33. The predicted molar refractivity (Wildman–Crippen MR) is 91.2 cm³/mol. The summed E-state index contributed by atoms with van der Waals surface area (Å²) in [4.78, 5) is 11.6. The van der Waals surface area contributed by atoms with E-state index in [4.69, 9.17) is 4.42 Å². The van der Waals surface area contributed by atoms with Crippen LogP contribution in [0.1, 0.15) is 24.7 Å². The molecule has 1 unspecified atom stereocenters. The van der Waals surface area contributed by atoms with E-state index in [0.717, 1.165) is 54.3 Å². The van der Waals surface area contributed by atoms with E-state index < -0.39 is 0 Å². The molecule has 0 saturated carbocycles. The van der Waals surface area contributed by atoms with Gasteiger partial charge in [0.15, 0.2) is 17.3 Å². The predicted octanol–water partition coefficient (Wildman–Crippen LogP) is 3.25. The molecule has 6 nitrogen and oxygen atoms in total. The van der Waals surface area contributed by atoms with E-state index in [1.54, 1.807) is 6.20 Å². The van der Waals surface area contributed by atoms with Gasteiger partial charge in [0.1, 0.15) is 11.0 Å². The number of fused-ring (bicyclic) bond motifs is 2. The second-order valence-electron chi connectivity index (χ2n) is 6.22. The molecule has 6 heteroatoms. The fourth-order valence-corrected chi connectivity index (χ4v) is 3.52. The molecule has 1 aliphatic heterocycles. The maximum atomic E-state index is 5.99. The maximum Gasteiger partial charge on any atom is 0.200 e. The SMILES string of the molecule is c1ccc2oc(C3CCCN(c4nccn5nccc45)C3)nc2c1. The van der Waals surface area contributed by atoms with Crippen molar-refractivity contribution in [3.63, 3.8) is 0 Å². The van der Waals surface area contributed by atoms with E-state index in [-0.39, 0.29) is 5.92 Å². The van der Waals surface area contributed by atoms with Gasteiger partial charge < -0.3 is 9.32 Å². The highest BCUT2D eigenvalue weighted by atomic mass is 16.3. The van der Waals surface area contributed by atoms with Gasteiger partial charge in [-0.1, -0.05) is 12.1 Å². The Morgan fingerprint density at radius 2 is 2.08 bits per heavy atom. The number of oxazole rings is 1. The zero-order valence-corrected chi connectivity index (χ0v) is 13.2. The molecule has 5 rings (SSSR count). The molecule has 0 aliphatic carbocycles. The molecule has 0 amide bonds. The van der Waals surface area contributed by atoms with Crippen LogP contribution in [0.4, 0.5) is 5.82 Å². The third-order valence-electron chi connectivity index (χ3n) is 4.68. The zero-order chi connectivity index (χ0) is 15.9. The van der Waals surface area contributed by atoms with Crippen molar-refractivity contribution in [2.24, 2.45) is 0 Å². The summed E-state index contributed by atoms with van der Waals surface area (Å²) in [5.41, 5.74) is 2.83. The Bertz CT molecular complexity index is 972. The lowest BCUT2D eigenvalue weighted by atomic mass is 9.98. The van der Waals surface area contributed by atoms with Gasteiger partial charge in [-0.2, -0.15) is 5.10 Å². The molecule has 1 atom stereocenters. The van der Waals surface area contributed by atoms with Gasteiger partial charge in [0.05, 0.1) is 12.1 Å². The van der Waals surface area contributed by atoms with Crippen molar-refractivity contribution in [1.29, 1.82) is 0 Å². The fourth-order valence-electron chi connectivity index (χ4n) is 3.52. The number of hydrogen-bond acceptors (Lipinski definition) is 5. The standard InChI is InChI=1S/C18H17N5O/c1-2-6-16-14(5-1)21-18(24-16)13-4-3-10-22(12-13)17-15-7-8-20-23(15)11-9-19-17/h1-2,5-9,11,13H,3-4,10,12H2. The summed E-state index contributed by atoms with van der Waals surface area (Å²) in [7, 11) is 0. The van der Waals surface area contributed by atoms with Crippen LogP contribution in [0.15, 0.2) is 53.3 Å². The Labute approximate surface area is 138 Å². The maximum absolute atomic E-state index is 5.99. The lowest BCUT2D eigenvalue weighted by molar-refractivity contribution is 0.412. The van der Waals surface area contributed by atoms with Gasteiger partial charge in [-0.3, -0.25) is 0 Å². The molecule has 4 aromatic rings. The number of aromatic nitrogens is 4. The summed E-state index contributed by atoms with van der Waals surface area (Å²) in [5, 5.41) is 4.30. The summed E-state index contributed by atoms with van der Waals surface area (Å²) in [6.07, 6.45) is 7.67. The van der Waals surface area contributed by atoms with Gasteiger partial charge in [-0.25, -0.2) is 14.5 Å². The number of para-hydroxylation sites is 2. The molecular formula is C18H17N5O. The van der Waals surface area contributed by atoms with E-state index >= 15 is 0 Å². The highest BCUT2D eigenvalue weighted by molar-refractivity contribution is 5.72. The topological polar surface area (TPSA) is 59.5 Å². The first-order valence-electron chi connectivity index (χ1n) is 8.27. The molecule has 1 fully saturated rings. The quantitative estimate of drug-likeness (QED) is 0.567. The van der Waals surface area contributed by atoms with Crippen LogP contribution in [-0.4, -0.2) is 32.7 Å². The number of nitrogens with zero attached hydrogens (tertiary/aromatic N) is 5. The van der Waals surface area contributed by atoms with Crippen LogP contribution in [0.2, 0.25) is 0 Å². The molecule has 0 N–H and O–H groups in total. The van der Waals surface area contributed by atoms with E-state index in [0.29, 0.717) is 0 Å². The van der Waals surface area contributed by atoms with E-state index in [1.807, 2.05) is 47.2 Å². The minimum absolute atomic E-state index is 0.288. The van der Waals surface area contributed by atoms with E-state index in [1.165, 1.54) is 0 Å². The Hall–Kier alpha value is -2.89. The summed E-state index contributed by atoms with van der Waals surface area (Å²) in [5.74, 6) is 2.10. The Balaban J connectivity index is 1.48. The molecule has 24 heavy (non-hydrogen) atoms. The summed E-state index contributed by atoms with van der Waals surface area (Å²) < 4.78 is 7.85.